The van der Waals surface area contributed by atoms with E-state index in [4.69, 9.17) is 0 Å². The number of nitrogens with zero attached hydrogens (tertiary/aromatic N) is 2. The number of rotatable bonds is 4. The van der Waals surface area contributed by atoms with Crippen LogP contribution in [0.1, 0.15) is 6.42 Å². The third-order valence-corrected chi connectivity index (χ3v) is 3.45. The van der Waals surface area contributed by atoms with Crippen LogP contribution in [-0.2, 0) is 4.79 Å². The number of hydrogen-bond donors (Lipinski definition) is 2. The van der Waals surface area contributed by atoms with Gasteiger partial charge in [-0.05, 0) is 37.7 Å². The molecule has 110 valence electrons. The van der Waals surface area contributed by atoms with Crippen molar-refractivity contribution in [2.24, 2.45) is 0 Å². The quantitative estimate of drug-likeness (QED) is 0.861. The minimum Gasteiger partial charge on any atom is -0.378 e. The molecule has 0 spiro atoms. The largest absolute Gasteiger partial charge is 0.378 e. The van der Waals surface area contributed by atoms with Gasteiger partial charge in [0.15, 0.2) is 0 Å². The maximum atomic E-state index is 12.1. The van der Waals surface area contributed by atoms with Crippen LogP contribution in [-0.4, -0.2) is 57.6 Å². The van der Waals surface area contributed by atoms with Crippen LogP contribution in [0.25, 0.3) is 0 Å². The Morgan fingerprint density at radius 1 is 1.35 bits per heavy atom. The van der Waals surface area contributed by atoms with Crippen LogP contribution in [0.5, 0.6) is 0 Å². The van der Waals surface area contributed by atoms with E-state index in [0.29, 0.717) is 6.54 Å². The van der Waals surface area contributed by atoms with E-state index in [1.54, 1.807) is 0 Å². The van der Waals surface area contributed by atoms with Crippen molar-refractivity contribution in [3.05, 3.63) is 24.3 Å². The van der Waals surface area contributed by atoms with Crippen LogP contribution in [0, 0.1) is 0 Å². The lowest BCUT2D eigenvalue weighted by molar-refractivity contribution is -0.117. The Hall–Kier alpha value is -1.59. The lowest BCUT2D eigenvalue weighted by Crippen LogP contribution is -2.35. The number of hydrogen-bond acceptors (Lipinski definition) is 4. The molecule has 1 aromatic rings. The van der Waals surface area contributed by atoms with Gasteiger partial charge < -0.3 is 15.5 Å². The van der Waals surface area contributed by atoms with E-state index in [1.165, 1.54) is 0 Å². The van der Waals surface area contributed by atoms with E-state index in [9.17, 15) is 4.79 Å². The molecule has 20 heavy (non-hydrogen) atoms. The summed E-state index contributed by atoms with van der Waals surface area (Å²) in [4.78, 5) is 16.3. The SMILES string of the molecule is CN(C)c1cccc(NC(=O)CN2CCCNCC2)c1. The van der Waals surface area contributed by atoms with Gasteiger partial charge in [0.05, 0.1) is 6.54 Å². The van der Waals surface area contributed by atoms with Crippen LogP contribution < -0.4 is 15.5 Å². The van der Waals surface area contributed by atoms with Crippen LogP contribution in [0.2, 0.25) is 0 Å². The second-order valence-corrected chi connectivity index (χ2v) is 5.37. The Bertz CT molecular complexity index is 439. The molecule has 5 nitrogen and oxygen atoms in total. The first-order valence-corrected chi connectivity index (χ1v) is 7.15. The van der Waals surface area contributed by atoms with Crippen LogP contribution in [0.4, 0.5) is 11.4 Å². The molecular formula is C15H24N4O. The summed E-state index contributed by atoms with van der Waals surface area (Å²) in [5.74, 6) is 0.0582. The van der Waals surface area contributed by atoms with Gasteiger partial charge in [-0.3, -0.25) is 9.69 Å². The summed E-state index contributed by atoms with van der Waals surface area (Å²) in [6.45, 7) is 4.39. The number of carbonyl (C=O) groups is 1. The third kappa shape index (κ3) is 4.51. The van der Waals surface area contributed by atoms with Crippen molar-refractivity contribution in [2.45, 2.75) is 6.42 Å². The molecule has 1 aliphatic rings. The van der Waals surface area contributed by atoms with E-state index < -0.39 is 0 Å². The molecule has 0 radical (unpaired) electrons. The van der Waals surface area contributed by atoms with Crippen molar-refractivity contribution < 1.29 is 4.79 Å². The normalized spacial score (nSPS) is 16.5. The Labute approximate surface area is 120 Å². The summed E-state index contributed by atoms with van der Waals surface area (Å²) < 4.78 is 0. The number of carbonyl (C=O) groups excluding carboxylic acids is 1. The van der Waals surface area contributed by atoms with Gasteiger partial charge in [-0.2, -0.15) is 0 Å². The zero-order chi connectivity index (χ0) is 14.4. The minimum absolute atomic E-state index is 0.0582. The Morgan fingerprint density at radius 3 is 3.00 bits per heavy atom. The van der Waals surface area contributed by atoms with Crippen LogP contribution in [0.3, 0.4) is 0 Å². The first-order chi connectivity index (χ1) is 9.65. The lowest BCUT2D eigenvalue weighted by atomic mass is 10.2. The molecule has 0 atom stereocenters. The topological polar surface area (TPSA) is 47.6 Å². The molecule has 0 saturated carbocycles. The van der Waals surface area contributed by atoms with Crippen molar-refractivity contribution in [1.82, 2.24) is 10.2 Å². The molecule has 1 aliphatic heterocycles. The van der Waals surface area contributed by atoms with Gasteiger partial charge >= 0.3 is 0 Å². The number of benzene rings is 1. The summed E-state index contributed by atoms with van der Waals surface area (Å²) >= 11 is 0. The van der Waals surface area contributed by atoms with Crippen LogP contribution in [0.15, 0.2) is 24.3 Å². The molecule has 2 N–H and O–H groups in total. The van der Waals surface area contributed by atoms with Gasteiger partial charge in [-0.15, -0.1) is 0 Å². The van der Waals surface area contributed by atoms with Gasteiger partial charge in [0.2, 0.25) is 5.91 Å². The second-order valence-electron chi connectivity index (χ2n) is 5.37. The first kappa shape index (κ1) is 14.8. The summed E-state index contributed by atoms with van der Waals surface area (Å²) in [5.41, 5.74) is 1.94. The van der Waals surface area contributed by atoms with E-state index >= 15 is 0 Å². The van der Waals surface area contributed by atoms with Gasteiger partial charge in [0.25, 0.3) is 0 Å². The standard InChI is InChI=1S/C15H24N4O/c1-18(2)14-6-3-5-13(11-14)17-15(20)12-19-9-4-7-16-8-10-19/h3,5-6,11,16H,4,7-10,12H2,1-2H3,(H,17,20). The maximum Gasteiger partial charge on any atom is 0.238 e. The summed E-state index contributed by atoms with van der Waals surface area (Å²) in [6.07, 6.45) is 1.10. The zero-order valence-electron chi connectivity index (χ0n) is 12.4. The molecule has 1 heterocycles. The van der Waals surface area contributed by atoms with Crippen molar-refractivity contribution in [3.8, 4) is 0 Å². The highest BCUT2D eigenvalue weighted by atomic mass is 16.2. The van der Waals surface area contributed by atoms with Crippen molar-refractivity contribution in [3.63, 3.8) is 0 Å². The van der Waals surface area contributed by atoms with Crippen LogP contribution >= 0.6 is 0 Å². The number of nitrogens with one attached hydrogen (secondary N) is 2. The summed E-state index contributed by atoms with van der Waals surface area (Å²) in [6, 6.07) is 7.90. The van der Waals surface area contributed by atoms with Crippen molar-refractivity contribution >= 4 is 17.3 Å². The Balaban J connectivity index is 1.88. The molecule has 1 amide bonds. The average molecular weight is 276 g/mol. The van der Waals surface area contributed by atoms with E-state index in [1.807, 2.05) is 43.3 Å². The second kappa shape index (κ2) is 7.26. The highest BCUT2D eigenvalue weighted by Crippen LogP contribution is 2.17. The molecule has 1 fully saturated rings. The molecule has 0 unspecified atom stereocenters. The molecule has 2 rings (SSSR count). The van der Waals surface area contributed by atoms with Gasteiger partial charge in [-0.1, -0.05) is 6.07 Å². The number of anilines is 2. The fourth-order valence-electron chi connectivity index (χ4n) is 2.33. The highest BCUT2D eigenvalue weighted by molar-refractivity contribution is 5.92. The predicted octanol–water partition coefficient (Wildman–Crippen LogP) is 0.986. The van der Waals surface area contributed by atoms with E-state index in [0.717, 1.165) is 44.0 Å². The van der Waals surface area contributed by atoms with Crippen molar-refractivity contribution in [2.75, 3.05) is 57.0 Å². The fourth-order valence-corrected chi connectivity index (χ4v) is 2.33. The Morgan fingerprint density at radius 2 is 2.20 bits per heavy atom. The smallest absolute Gasteiger partial charge is 0.238 e. The molecule has 0 aromatic heterocycles. The molecule has 0 aliphatic carbocycles. The summed E-state index contributed by atoms with van der Waals surface area (Å²) in [7, 11) is 3.98. The monoisotopic (exact) mass is 276 g/mol. The average Bonchev–Trinajstić information content (AvgIpc) is 2.67. The minimum atomic E-state index is 0.0582. The maximum absolute atomic E-state index is 12.1. The van der Waals surface area contributed by atoms with E-state index in [-0.39, 0.29) is 5.91 Å². The van der Waals surface area contributed by atoms with Gasteiger partial charge in [0, 0.05) is 38.6 Å². The van der Waals surface area contributed by atoms with E-state index in [2.05, 4.69) is 15.5 Å². The molecule has 0 bridgehead atoms. The highest BCUT2D eigenvalue weighted by Gasteiger charge is 2.12. The fraction of sp³-hybridized carbons (Fsp3) is 0.533. The van der Waals surface area contributed by atoms with Gasteiger partial charge in [-0.25, -0.2) is 0 Å². The lowest BCUT2D eigenvalue weighted by Gasteiger charge is -2.19. The number of amides is 1. The van der Waals surface area contributed by atoms with Gasteiger partial charge in [0.1, 0.15) is 0 Å². The zero-order valence-corrected chi connectivity index (χ0v) is 12.4. The van der Waals surface area contributed by atoms with Crippen molar-refractivity contribution in [1.29, 1.82) is 0 Å². The molecular weight excluding hydrogens is 252 g/mol. The Kier molecular flexibility index (Phi) is 5.38. The summed E-state index contributed by atoms with van der Waals surface area (Å²) in [5, 5.41) is 6.32. The molecule has 1 aromatic carbocycles. The third-order valence-electron chi connectivity index (χ3n) is 3.45. The first-order valence-electron chi connectivity index (χ1n) is 7.15. The molecule has 1 saturated heterocycles. The molecule has 5 heteroatoms. The predicted molar refractivity (Wildman–Crippen MR) is 83.3 cm³/mol.